The van der Waals surface area contributed by atoms with Crippen molar-refractivity contribution in [1.82, 2.24) is 0 Å². The first-order valence-electron chi connectivity index (χ1n) is 10.2. The third-order valence-corrected chi connectivity index (χ3v) is 4.78. The summed E-state index contributed by atoms with van der Waals surface area (Å²) < 4.78 is 0. The molecule has 0 aromatic heterocycles. The lowest BCUT2D eigenvalue weighted by atomic mass is 9.96. The van der Waals surface area contributed by atoms with Crippen LogP contribution in [0.1, 0.15) is 117 Å². The van der Waals surface area contributed by atoms with Crippen LogP contribution in [0.2, 0.25) is 0 Å². The molecule has 0 aliphatic carbocycles. The minimum atomic E-state index is -0.105. The topological polar surface area (TPSA) is 52.0 Å². The molecular weight excluding hydrogens is 268 g/mol. The van der Waals surface area contributed by atoms with Gasteiger partial charge in [0.05, 0.1) is 6.17 Å². The molecule has 0 aliphatic heterocycles. The fourth-order valence-corrected chi connectivity index (χ4v) is 3.17. The fourth-order valence-electron chi connectivity index (χ4n) is 3.17. The van der Waals surface area contributed by atoms with E-state index < -0.39 is 0 Å². The summed E-state index contributed by atoms with van der Waals surface area (Å²) in [7, 11) is 0. The van der Waals surface area contributed by atoms with Crippen molar-refractivity contribution in [2.45, 2.75) is 123 Å². The Bertz CT molecular complexity index is 204. The Hall–Kier alpha value is -0.0800. The van der Waals surface area contributed by atoms with Crippen LogP contribution >= 0.6 is 0 Å². The van der Waals surface area contributed by atoms with Crippen molar-refractivity contribution in [1.29, 1.82) is 0 Å². The van der Waals surface area contributed by atoms with Gasteiger partial charge in [0, 0.05) is 0 Å². The molecule has 2 heteroatoms. The molecule has 0 spiro atoms. The Morgan fingerprint density at radius 3 is 1.32 bits per heavy atom. The molecule has 0 saturated heterocycles. The fraction of sp³-hybridized carbons (Fsp3) is 1.00. The van der Waals surface area contributed by atoms with Crippen LogP contribution in [0.4, 0.5) is 0 Å². The van der Waals surface area contributed by atoms with Gasteiger partial charge in [-0.1, -0.05) is 110 Å². The molecule has 0 rings (SSSR count). The Labute approximate surface area is 140 Å². The highest BCUT2D eigenvalue weighted by molar-refractivity contribution is 4.57. The minimum Gasteiger partial charge on any atom is -0.316 e. The van der Waals surface area contributed by atoms with E-state index in [1.807, 2.05) is 0 Å². The molecule has 0 aromatic carbocycles. The van der Waals surface area contributed by atoms with Gasteiger partial charge in [0.2, 0.25) is 0 Å². The summed E-state index contributed by atoms with van der Waals surface area (Å²) in [6.45, 7) is 4.73. The van der Waals surface area contributed by atoms with Crippen LogP contribution < -0.4 is 11.5 Å². The van der Waals surface area contributed by atoms with E-state index in [0.717, 1.165) is 12.3 Å². The van der Waals surface area contributed by atoms with Crippen LogP contribution in [0.15, 0.2) is 0 Å². The highest BCUT2D eigenvalue weighted by Crippen LogP contribution is 2.18. The predicted octanol–water partition coefficient (Wildman–Crippen LogP) is 6.13. The van der Waals surface area contributed by atoms with Crippen molar-refractivity contribution in [3.8, 4) is 0 Å². The SMILES string of the molecule is CCCCCCCCCCC(C)CCCCCCCC(N)N. The van der Waals surface area contributed by atoms with Crippen molar-refractivity contribution in [2.24, 2.45) is 17.4 Å². The van der Waals surface area contributed by atoms with Gasteiger partial charge in [0.15, 0.2) is 0 Å². The summed E-state index contributed by atoms with van der Waals surface area (Å²) in [6, 6.07) is 0. The second-order valence-corrected chi connectivity index (χ2v) is 7.38. The number of unbranched alkanes of at least 4 members (excludes halogenated alkanes) is 11. The van der Waals surface area contributed by atoms with Gasteiger partial charge in [-0.2, -0.15) is 0 Å². The van der Waals surface area contributed by atoms with E-state index >= 15 is 0 Å². The van der Waals surface area contributed by atoms with Gasteiger partial charge in [0.25, 0.3) is 0 Å². The quantitative estimate of drug-likeness (QED) is 0.251. The molecule has 0 aromatic rings. The van der Waals surface area contributed by atoms with E-state index in [9.17, 15) is 0 Å². The highest BCUT2D eigenvalue weighted by atomic mass is 14.8. The highest BCUT2D eigenvalue weighted by Gasteiger charge is 2.02. The zero-order valence-corrected chi connectivity index (χ0v) is 15.6. The average molecular weight is 313 g/mol. The molecule has 0 heterocycles. The van der Waals surface area contributed by atoms with Gasteiger partial charge < -0.3 is 11.5 Å². The Kier molecular flexibility index (Phi) is 17.2. The first-order chi connectivity index (χ1) is 10.7. The number of rotatable bonds is 17. The van der Waals surface area contributed by atoms with Gasteiger partial charge in [-0.3, -0.25) is 0 Å². The largest absolute Gasteiger partial charge is 0.316 e. The van der Waals surface area contributed by atoms with E-state index in [1.165, 1.54) is 96.3 Å². The smallest absolute Gasteiger partial charge is 0.0520 e. The summed E-state index contributed by atoms with van der Waals surface area (Å²) >= 11 is 0. The summed E-state index contributed by atoms with van der Waals surface area (Å²) in [5.74, 6) is 0.928. The first kappa shape index (κ1) is 21.9. The van der Waals surface area contributed by atoms with E-state index in [1.54, 1.807) is 0 Å². The van der Waals surface area contributed by atoms with Crippen molar-refractivity contribution >= 4 is 0 Å². The van der Waals surface area contributed by atoms with Crippen molar-refractivity contribution < 1.29 is 0 Å². The molecule has 0 aliphatic rings. The molecule has 0 fully saturated rings. The number of nitrogens with two attached hydrogens (primary N) is 2. The summed E-state index contributed by atoms with van der Waals surface area (Å²) in [5.41, 5.74) is 11.1. The third-order valence-electron chi connectivity index (χ3n) is 4.78. The van der Waals surface area contributed by atoms with Crippen LogP contribution in [0, 0.1) is 5.92 Å². The Morgan fingerprint density at radius 1 is 0.545 bits per heavy atom. The van der Waals surface area contributed by atoms with E-state index in [4.69, 9.17) is 11.5 Å². The van der Waals surface area contributed by atoms with Gasteiger partial charge in [0.1, 0.15) is 0 Å². The number of hydrogen-bond donors (Lipinski definition) is 2. The molecule has 2 nitrogen and oxygen atoms in total. The van der Waals surface area contributed by atoms with Crippen LogP contribution in [0.25, 0.3) is 0 Å². The van der Waals surface area contributed by atoms with Gasteiger partial charge in [-0.25, -0.2) is 0 Å². The molecule has 0 saturated carbocycles. The summed E-state index contributed by atoms with van der Waals surface area (Å²) in [5, 5.41) is 0. The van der Waals surface area contributed by atoms with E-state index in [0.29, 0.717) is 0 Å². The third kappa shape index (κ3) is 18.0. The molecule has 0 radical (unpaired) electrons. The van der Waals surface area contributed by atoms with Crippen LogP contribution in [0.5, 0.6) is 0 Å². The first-order valence-corrected chi connectivity index (χ1v) is 10.2. The monoisotopic (exact) mass is 312 g/mol. The maximum absolute atomic E-state index is 5.55. The molecule has 22 heavy (non-hydrogen) atoms. The molecular formula is C20H44N2. The van der Waals surface area contributed by atoms with Gasteiger partial charge in [-0.15, -0.1) is 0 Å². The summed E-state index contributed by atoms with van der Waals surface area (Å²) in [6.07, 6.45) is 21.9. The van der Waals surface area contributed by atoms with Gasteiger partial charge in [-0.05, 0) is 12.3 Å². The van der Waals surface area contributed by atoms with Crippen molar-refractivity contribution in [2.75, 3.05) is 0 Å². The van der Waals surface area contributed by atoms with Crippen molar-refractivity contribution in [3.63, 3.8) is 0 Å². The lowest BCUT2D eigenvalue weighted by molar-refractivity contribution is 0.429. The minimum absolute atomic E-state index is 0.105. The predicted molar refractivity (Wildman–Crippen MR) is 101 cm³/mol. The van der Waals surface area contributed by atoms with Crippen LogP contribution in [0.3, 0.4) is 0 Å². The molecule has 4 N–H and O–H groups in total. The average Bonchev–Trinajstić information content (AvgIpc) is 2.48. The molecule has 1 atom stereocenters. The second-order valence-electron chi connectivity index (χ2n) is 7.38. The Morgan fingerprint density at radius 2 is 0.909 bits per heavy atom. The normalized spacial score (nSPS) is 13.0. The molecule has 1 unspecified atom stereocenters. The summed E-state index contributed by atoms with van der Waals surface area (Å²) in [4.78, 5) is 0. The second kappa shape index (κ2) is 17.3. The standard InChI is InChI=1S/C20H44N2/c1-3-4-5-6-7-8-10-13-16-19(2)17-14-11-9-12-15-18-20(21)22/h19-20H,3-18,21-22H2,1-2H3. The zero-order valence-electron chi connectivity index (χ0n) is 15.6. The van der Waals surface area contributed by atoms with Crippen LogP contribution in [-0.2, 0) is 0 Å². The van der Waals surface area contributed by atoms with E-state index in [-0.39, 0.29) is 6.17 Å². The number of hydrogen-bond acceptors (Lipinski definition) is 2. The van der Waals surface area contributed by atoms with Gasteiger partial charge >= 0.3 is 0 Å². The zero-order chi connectivity index (χ0) is 16.5. The van der Waals surface area contributed by atoms with E-state index in [2.05, 4.69) is 13.8 Å². The molecule has 134 valence electrons. The molecule has 0 bridgehead atoms. The molecule has 0 amide bonds. The lowest BCUT2D eigenvalue weighted by Gasteiger charge is -2.11. The lowest BCUT2D eigenvalue weighted by Crippen LogP contribution is -2.29. The maximum Gasteiger partial charge on any atom is 0.0520 e. The van der Waals surface area contributed by atoms with Crippen LogP contribution in [-0.4, -0.2) is 6.17 Å². The maximum atomic E-state index is 5.55. The van der Waals surface area contributed by atoms with Crippen molar-refractivity contribution in [3.05, 3.63) is 0 Å². The Balaban J connectivity index is 3.14.